The van der Waals surface area contributed by atoms with E-state index in [9.17, 15) is 18.4 Å². The van der Waals surface area contributed by atoms with E-state index in [1.54, 1.807) is 0 Å². The van der Waals surface area contributed by atoms with Crippen LogP contribution in [0.5, 0.6) is 5.75 Å². The molecule has 0 bridgehead atoms. The highest BCUT2D eigenvalue weighted by molar-refractivity contribution is 5.88. The topological polar surface area (TPSA) is 91.8 Å². The number of anilines is 1. The third-order valence-corrected chi connectivity index (χ3v) is 3.25. The van der Waals surface area contributed by atoms with Crippen molar-refractivity contribution in [2.24, 2.45) is 5.92 Å². The molecule has 2 heterocycles. The zero-order valence-corrected chi connectivity index (χ0v) is 11.5. The van der Waals surface area contributed by atoms with Crippen LogP contribution in [0.1, 0.15) is 12.8 Å². The van der Waals surface area contributed by atoms with E-state index < -0.39 is 24.5 Å². The number of aromatic nitrogens is 1. The van der Waals surface area contributed by atoms with Crippen LogP contribution in [0.25, 0.3) is 0 Å². The molecule has 0 saturated carbocycles. The Morgan fingerprint density at radius 1 is 1.45 bits per heavy atom. The Hall–Kier alpha value is -2.45. The van der Waals surface area contributed by atoms with Crippen molar-refractivity contribution in [2.45, 2.75) is 19.5 Å². The second-order valence-corrected chi connectivity index (χ2v) is 4.81. The largest absolute Gasteiger partial charge is 0.481 e. The number of amides is 2. The minimum Gasteiger partial charge on any atom is -0.481 e. The lowest BCUT2D eigenvalue weighted by molar-refractivity contribution is -0.143. The van der Waals surface area contributed by atoms with E-state index in [0.717, 1.165) is 6.20 Å². The molecular formula is C13H15F2N3O4. The normalized spacial score (nSPS) is 18.1. The van der Waals surface area contributed by atoms with E-state index in [1.165, 1.54) is 17.0 Å². The van der Waals surface area contributed by atoms with Crippen molar-refractivity contribution in [3.8, 4) is 5.75 Å². The van der Waals surface area contributed by atoms with Crippen LogP contribution < -0.4 is 10.1 Å². The van der Waals surface area contributed by atoms with Crippen LogP contribution in [0.15, 0.2) is 18.3 Å². The van der Waals surface area contributed by atoms with E-state index >= 15 is 0 Å². The molecule has 0 radical (unpaired) electrons. The Morgan fingerprint density at radius 2 is 2.23 bits per heavy atom. The van der Waals surface area contributed by atoms with E-state index in [0.29, 0.717) is 19.4 Å². The number of carboxylic acid groups (broad SMARTS) is 1. The number of urea groups is 1. The SMILES string of the molecule is O=C(O)C1CCCN(C(=O)Nc2ccc(OC(F)F)cn2)C1. The number of pyridine rings is 1. The standard InChI is InChI=1S/C13H15F2N3O4/c14-12(15)22-9-3-4-10(16-6-9)17-13(21)18-5-1-2-8(7-18)11(19)20/h3-4,6,8,12H,1-2,5,7H2,(H,19,20)(H,16,17,21). The number of ether oxygens (including phenoxy) is 1. The molecule has 1 fully saturated rings. The van der Waals surface area contributed by atoms with Gasteiger partial charge in [0.15, 0.2) is 0 Å². The third-order valence-electron chi connectivity index (χ3n) is 3.25. The number of hydrogen-bond acceptors (Lipinski definition) is 4. The molecule has 1 atom stereocenters. The van der Waals surface area contributed by atoms with E-state index in [2.05, 4.69) is 15.0 Å². The van der Waals surface area contributed by atoms with Crippen molar-refractivity contribution in [1.29, 1.82) is 0 Å². The maximum atomic E-state index is 12.0. The maximum absolute atomic E-state index is 12.0. The predicted molar refractivity (Wildman–Crippen MR) is 71.8 cm³/mol. The number of halogens is 2. The molecular weight excluding hydrogens is 300 g/mol. The number of likely N-dealkylation sites (tertiary alicyclic amines) is 1. The zero-order chi connectivity index (χ0) is 16.1. The summed E-state index contributed by atoms with van der Waals surface area (Å²) in [5, 5.41) is 11.5. The summed E-state index contributed by atoms with van der Waals surface area (Å²) in [6, 6.07) is 2.11. The van der Waals surface area contributed by atoms with Crippen LogP contribution in [0.2, 0.25) is 0 Å². The monoisotopic (exact) mass is 315 g/mol. The first kappa shape index (κ1) is 15.9. The van der Waals surface area contributed by atoms with Crippen molar-refractivity contribution in [3.05, 3.63) is 18.3 Å². The van der Waals surface area contributed by atoms with Gasteiger partial charge < -0.3 is 14.7 Å². The summed E-state index contributed by atoms with van der Waals surface area (Å²) in [5.74, 6) is -1.45. The predicted octanol–water partition coefficient (Wildman–Crippen LogP) is 2.01. The molecule has 7 nitrogen and oxygen atoms in total. The van der Waals surface area contributed by atoms with Crippen molar-refractivity contribution in [3.63, 3.8) is 0 Å². The lowest BCUT2D eigenvalue weighted by Crippen LogP contribution is -2.44. The molecule has 22 heavy (non-hydrogen) atoms. The lowest BCUT2D eigenvalue weighted by Gasteiger charge is -2.30. The number of nitrogens with one attached hydrogen (secondary N) is 1. The fourth-order valence-corrected chi connectivity index (χ4v) is 2.18. The Labute approximate surface area is 124 Å². The number of aliphatic carboxylic acids is 1. The van der Waals surface area contributed by atoms with Crippen molar-refractivity contribution >= 4 is 17.8 Å². The number of nitrogens with zero attached hydrogens (tertiary/aromatic N) is 2. The molecule has 2 rings (SSSR count). The van der Waals surface area contributed by atoms with Gasteiger partial charge in [-0.05, 0) is 25.0 Å². The van der Waals surface area contributed by atoms with Crippen LogP contribution in [0.4, 0.5) is 19.4 Å². The Bertz CT molecular complexity index is 539. The van der Waals surface area contributed by atoms with Gasteiger partial charge in [-0.3, -0.25) is 10.1 Å². The van der Waals surface area contributed by atoms with Crippen molar-refractivity contribution in [2.75, 3.05) is 18.4 Å². The molecule has 1 saturated heterocycles. The Morgan fingerprint density at radius 3 is 2.82 bits per heavy atom. The van der Waals surface area contributed by atoms with Gasteiger partial charge in [0.1, 0.15) is 11.6 Å². The number of hydrogen-bond donors (Lipinski definition) is 2. The van der Waals surface area contributed by atoms with E-state index in [-0.39, 0.29) is 18.1 Å². The number of rotatable bonds is 4. The quantitative estimate of drug-likeness (QED) is 0.887. The summed E-state index contributed by atoms with van der Waals surface area (Å²) in [6.07, 6.45) is 2.22. The molecule has 2 N–H and O–H groups in total. The van der Waals surface area contributed by atoms with Crippen LogP contribution in [0, 0.1) is 5.92 Å². The molecule has 0 aliphatic carbocycles. The minimum absolute atomic E-state index is 0.114. The average Bonchev–Trinajstić information content (AvgIpc) is 2.49. The summed E-state index contributed by atoms with van der Waals surface area (Å²) < 4.78 is 28.1. The van der Waals surface area contributed by atoms with Gasteiger partial charge in [0.25, 0.3) is 0 Å². The molecule has 2 amide bonds. The van der Waals surface area contributed by atoms with Crippen molar-refractivity contribution in [1.82, 2.24) is 9.88 Å². The molecule has 120 valence electrons. The van der Waals surface area contributed by atoms with Crippen LogP contribution in [-0.2, 0) is 4.79 Å². The number of carbonyl (C=O) groups is 2. The first-order valence-corrected chi connectivity index (χ1v) is 6.65. The van der Waals surface area contributed by atoms with Gasteiger partial charge in [-0.2, -0.15) is 8.78 Å². The molecule has 1 aliphatic heterocycles. The summed E-state index contributed by atoms with van der Waals surface area (Å²) in [5.41, 5.74) is 0. The maximum Gasteiger partial charge on any atom is 0.387 e. The zero-order valence-electron chi connectivity index (χ0n) is 11.5. The van der Waals surface area contributed by atoms with Crippen LogP contribution >= 0.6 is 0 Å². The highest BCUT2D eigenvalue weighted by Crippen LogP contribution is 2.18. The molecule has 9 heteroatoms. The third kappa shape index (κ3) is 4.27. The summed E-state index contributed by atoms with van der Waals surface area (Å²) in [7, 11) is 0. The van der Waals surface area contributed by atoms with Crippen molar-refractivity contribution < 1.29 is 28.2 Å². The first-order chi connectivity index (χ1) is 10.5. The van der Waals surface area contributed by atoms with Gasteiger partial charge in [-0.25, -0.2) is 9.78 Å². The number of carbonyl (C=O) groups excluding carboxylic acids is 1. The number of piperidine rings is 1. The summed E-state index contributed by atoms with van der Waals surface area (Å²) in [6.45, 7) is -2.35. The Balaban J connectivity index is 1.92. The molecule has 1 unspecified atom stereocenters. The first-order valence-electron chi connectivity index (χ1n) is 6.65. The number of carboxylic acids is 1. The van der Waals surface area contributed by atoms with Crippen LogP contribution in [-0.4, -0.2) is 46.7 Å². The van der Waals surface area contributed by atoms with Gasteiger partial charge in [0.2, 0.25) is 0 Å². The summed E-state index contributed by atoms with van der Waals surface area (Å²) in [4.78, 5) is 28.2. The van der Waals surface area contributed by atoms with Gasteiger partial charge in [-0.15, -0.1) is 0 Å². The minimum atomic E-state index is -2.94. The van der Waals surface area contributed by atoms with E-state index in [1.807, 2.05) is 0 Å². The number of alkyl halides is 2. The Kier molecular flexibility index (Phi) is 5.08. The lowest BCUT2D eigenvalue weighted by atomic mass is 9.99. The second kappa shape index (κ2) is 7.01. The fourth-order valence-electron chi connectivity index (χ4n) is 2.18. The smallest absolute Gasteiger partial charge is 0.387 e. The van der Waals surface area contributed by atoms with E-state index in [4.69, 9.17) is 5.11 Å². The molecule has 1 aromatic rings. The van der Waals surface area contributed by atoms with Gasteiger partial charge in [0.05, 0.1) is 12.1 Å². The second-order valence-electron chi connectivity index (χ2n) is 4.81. The molecule has 1 aliphatic rings. The van der Waals surface area contributed by atoms with Gasteiger partial charge in [-0.1, -0.05) is 0 Å². The van der Waals surface area contributed by atoms with Gasteiger partial charge >= 0.3 is 18.6 Å². The van der Waals surface area contributed by atoms with Crippen LogP contribution in [0.3, 0.4) is 0 Å². The fraction of sp³-hybridized carbons (Fsp3) is 0.462. The molecule has 1 aromatic heterocycles. The highest BCUT2D eigenvalue weighted by atomic mass is 19.3. The van der Waals surface area contributed by atoms with Gasteiger partial charge in [0, 0.05) is 13.1 Å². The molecule has 0 aromatic carbocycles. The summed E-state index contributed by atoms with van der Waals surface area (Å²) >= 11 is 0. The molecule has 0 spiro atoms. The average molecular weight is 315 g/mol. The highest BCUT2D eigenvalue weighted by Gasteiger charge is 2.28.